The predicted octanol–water partition coefficient (Wildman–Crippen LogP) is 3.10. The van der Waals surface area contributed by atoms with E-state index in [1.165, 1.54) is 25.1 Å². The molecule has 0 amide bonds. The van der Waals surface area contributed by atoms with Crippen LogP contribution in [0.2, 0.25) is 0 Å². The molecule has 15 heavy (non-hydrogen) atoms. The van der Waals surface area contributed by atoms with E-state index < -0.39 is 12.7 Å². The number of benzene rings is 1. The maximum Gasteiger partial charge on any atom is 0.387 e. The number of rotatable bonds is 4. The van der Waals surface area contributed by atoms with Crippen LogP contribution in [0.1, 0.15) is 5.56 Å². The molecule has 0 heterocycles. The molecule has 0 saturated heterocycles. The van der Waals surface area contributed by atoms with Crippen LogP contribution in [0, 0.1) is 6.92 Å². The van der Waals surface area contributed by atoms with E-state index in [0.29, 0.717) is 5.56 Å². The molecule has 0 spiro atoms. The molecule has 0 saturated carbocycles. The first-order valence-corrected chi connectivity index (χ1v) is 4.78. The van der Waals surface area contributed by atoms with Gasteiger partial charge in [-0.1, -0.05) is 15.3 Å². The highest BCUT2D eigenvalue weighted by atomic mass is 31.0. The van der Waals surface area contributed by atoms with Gasteiger partial charge in [-0.2, -0.15) is 13.2 Å². The summed E-state index contributed by atoms with van der Waals surface area (Å²) in [6.45, 7) is -1.39. The zero-order valence-electron chi connectivity index (χ0n) is 7.91. The Balaban J connectivity index is 2.90. The van der Waals surface area contributed by atoms with E-state index in [0.717, 1.165) is 0 Å². The molecule has 0 aliphatic heterocycles. The first kappa shape index (κ1) is 12.1. The Labute approximate surface area is 87.6 Å². The first-order valence-electron chi connectivity index (χ1n) is 4.11. The van der Waals surface area contributed by atoms with Crippen LogP contribution in [0.15, 0.2) is 18.2 Å². The van der Waals surface area contributed by atoms with E-state index in [2.05, 4.69) is 4.74 Å². The molecule has 0 aliphatic carbocycles. The third-order valence-corrected chi connectivity index (χ3v) is 1.83. The van der Waals surface area contributed by atoms with Crippen molar-refractivity contribution in [3.8, 4) is 11.5 Å². The van der Waals surface area contributed by atoms with Gasteiger partial charge in [-0.05, 0) is 19.1 Å². The van der Waals surface area contributed by atoms with Crippen molar-refractivity contribution >= 4 is 9.24 Å². The SMILES string of the molecule is Cc1c(OC(F)F)cccc1OC(F)P. The summed E-state index contributed by atoms with van der Waals surface area (Å²) in [5.74, 6) is 0.156. The molecular formula is C9H10F3O2P. The van der Waals surface area contributed by atoms with Crippen molar-refractivity contribution < 1.29 is 22.6 Å². The van der Waals surface area contributed by atoms with E-state index in [1.807, 2.05) is 0 Å². The Morgan fingerprint density at radius 3 is 2.13 bits per heavy atom. The zero-order valence-corrected chi connectivity index (χ0v) is 9.07. The molecule has 0 bridgehead atoms. The fourth-order valence-electron chi connectivity index (χ4n) is 1.07. The molecule has 2 nitrogen and oxygen atoms in total. The fraction of sp³-hybridized carbons (Fsp3) is 0.333. The van der Waals surface area contributed by atoms with E-state index in [4.69, 9.17) is 4.74 Å². The van der Waals surface area contributed by atoms with Crippen LogP contribution in [-0.4, -0.2) is 12.7 Å². The van der Waals surface area contributed by atoms with Crippen LogP contribution >= 0.6 is 9.24 Å². The van der Waals surface area contributed by atoms with Crippen LogP contribution in [0.3, 0.4) is 0 Å². The highest BCUT2D eigenvalue weighted by molar-refractivity contribution is 7.16. The lowest BCUT2D eigenvalue weighted by atomic mass is 10.2. The molecule has 2 atom stereocenters. The number of halogens is 3. The number of hydrogen-bond donors (Lipinski definition) is 0. The largest absolute Gasteiger partial charge is 0.457 e. The second-order valence-corrected chi connectivity index (χ2v) is 3.25. The average molecular weight is 238 g/mol. The van der Waals surface area contributed by atoms with Crippen molar-refractivity contribution in [2.24, 2.45) is 0 Å². The topological polar surface area (TPSA) is 18.5 Å². The Hall–Kier alpha value is -0.960. The molecule has 6 heteroatoms. The molecule has 1 rings (SSSR count). The summed E-state index contributed by atoms with van der Waals surface area (Å²) >= 11 is 0. The zero-order chi connectivity index (χ0) is 11.4. The average Bonchev–Trinajstić information content (AvgIpc) is 2.10. The van der Waals surface area contributed by atoms with Crippen LogP contribution in [0.4, 0.5) is 13.2 Å². The van der Waals surface area contributed by atoms with Crippen molar-refractivity contribution in [2.45, 2.75) is 19.6 Å². The Kier molecular flexibility index (Phi) is 4.21. The van der Waals surface area contributed by atoms with Gasteiger partial charge < -0.3 is 9.47 Å². The van der Waals surface area contributed by atoms with Gasteiger partial charge in [0, 0.05) is 5.56 Å². The van der Waals surface area contributed by atoms with Crippen LogP contribution in [0.5, 0.6) is 11.5 Å². The van der Waals surface area contributed by atoms with Crippen LogP contribution in [0.25, 0.3) is 0 Å². The second kappa shape index (κ2) is 5.21. The molecule has 0 aromatic heterocycles. The summed E-state index contributed by atoms with van der Waals surface area (Å²) in [5, 5.41) is 0. The van der Waals surface area contributed by atoms with Crippen LogP contribution in [-0.2, 0) is 0 Å². The molecule has 2 unspecified atom stereocenters. The third kappa shape index (κ3) is 3.59. The first-order chi connectivity index (χ1) is 7.00. The lowest BCUT2D eigenvalue weighted by Crippen LogP contribution is -2.06. The normalized spacial score (nSPS) is 12.7. The molecule has 0 fully saturated rings. The van der Waals surface area contributed by atoms with Crippen molar-refractivity contribution in [2.75, 3.05) is 0 Å². The summed E-state index contributed by atoms with van der Waals surface area (Å²) in [4.78, 5) is 0. The monoisotopic (exact) mass is 238 g/mol. The molecule has 1 aromatic rings. The summed E-state index contributed by atoms with van der Waals surface area (Å²) in [7, 11) is 1.80. The van der Waals surface area contributed by atoms with Gasteiger partial charge in [-0.15, -0.1) is 0 Å². The number of alkyl halides is 3. The minimum absolute atomic E-state index is 0.0202. The smallest absolute Gasteiger partial charge is 0.387 e. The van der Waals surface area contributed by atoms with Crippen molar-refractivity contribution in [1.82, 2.24) is 0 Å². The van der Waals surface area contributed by atoms with Gasteiger partial charge in [0.1, 0.15) is 11.5 Å². The second-order valence-electron chi connectivity index (χ2n) is 2.73. The molecular weight excluding hydrogens is 228 g/mol. The van der Waals surface area contributed by atoms with E-state index in [1.54, 1.807) is 9.24 Å². The van der Waals surface area contributed by atoms with Gasteiger partial charge in [0.25, 0.3) is 0 Å². The molecule has 0 aliphatic rings. The number of hydrogen-bond acceptors (Lipinski definition) is 2. The van der Waals surface area contributed by atoms with Crippen molar-refractivity contribution in [3.05, 3.63) is 23.8 Å². The molecule has 0 radical (unpaired) electrons. The minimum Gasteiger partial charge on any atom is -0.457 e. The molecule has 0 N–H and O–H groups in total. The van der Waals surface area contributed by atoms with Gasteiger partial charge in [0.2, 0.25) is 6.10 Å². The quantitative estimate of drug-likeness (QED) is 0.750. The molecule has 84 valence electrons. The third-order valence-electron chi connectivity index (χ3n) is 1.69. The summed E-state index contributed by atoms with van der Waals surface area (Å²) < 4.78 is 45.4. The highest BCUT2D eigenvalue weighted by Crippen LogP contribution is 2.29. The Morgan fingerprint density at radius 1 is 1.13 bits per heavy atom. The maximum atomic E-state index is 12.5. The van der Waals surface area contributed by atoms with Crippen molar-refractivity contribution in [3.63, 3.8) is 0 Å². The predicted molar refractivity (Wildman–Crippen MR) is 53.0 cm³/mol. The summed E-state index contributed by atoms with van der Waals surface area (Å²) in [6.07, 6.45) is -1.58. The highest BCUT2D eigenvalue weighted by Gasteiger charge is 2.12. The Morgan fingerprint density at radius 2 is 1.67 bits per heavy atom. The van der Waals surface area contributed by atoms with Gasteiger partial charge in [-0.25, -0.2) is 0 Å². The van der Waals surface area contributed by atoms with Crippen LogP contribution < -0.4 is 9.47 Å². The molecule has 1 aromatic carbocycles. The lowest BCUT2D eigenvalue weighted by Gasteiger charge is -2.13. The van der Waals surface area contributed by atoms with E-state index in [9.17, 15) is 13.2 Å². The summed E-state index contributed by atoms with van der Waals surface area (Å²) in [5.41, 5.74) is 0.336. The van der Waals surface area contributed by atoms with Gasteiger partial charge in [-0.3, -0.25) is 0 Å². The summed E-state index contributed by atoms with van der Waals surface area (Å²) in [6, 6.07) is 4.29. The standard InChI is InChI=1S/C9H10F3O2P/c1-5-6(13-8(10)11)3-2-4-7(5)14-9(12)15/h2-4,8-9H,15H2,1H3. The van der Waals surface area contributed by atoms with Gasteiger partial charge in [0.05, 0.1) is 0 Å². The minimum atomic E-state index is -2.91. The van der Waals surface area contributed by atoms with E-state index in [-0.39, 0.29) is 11.5 Å². The van der Waals surface area contributed by atoms with Gasteiger partial charge >= 0.3 is 6.61 Å². The van der Waals surface area contributed by atoms with E-state index >= 15 is 0 Å². The Bertz CT molecular complexity index is 303. The fourth-order valence-corrected chi connectivity index (χ4v) is 1.21. The number of ether oxygens (including phenoxy) is 2. The van der Waals surface area contributed by atoms with Gasteiger partial charge in [0.15, 0.2) is 0 Å². The van der Waals surface area contributed by atoms with Crippen molar-refractivity contribution in [1.29, 1.82) is 0 Å². The maximum absolute atomic E-state index is 12.5. The lowest BCUT2D eigenvalue weighted by molar-refractivity contribution is -0.0504.